The van der Waals surface area contributed by atoms with Gasteiger partial charge in [0.25, 0.3) is 0 Å². The van der Waals surface area contributed by atoms with Gasteiger partial charge in [0.05, 0.1) is 25.0 Å². The van der Waals surface area contributed by atoms with Crippen molar-refractivity contribution in [2.75, 3.05) is 12.4 Å². The van der Waals surface area contributed by atoms with Crippen molar-refractivity contribution in [3.63, 3.8) is 0 Å². The minimum atomic E-state index is 0.154. The number of aromatic nitrogens is 2. The zero-order valence-corrected chi connectivity index (χ0v) is 12.5. The van der Waals surface area contributed by atoms with Crippen molar-refractivity contribution in [3.05, 3.63) is 34.0 Å². The Bertz CT molecular complexity index is 553. The maximum Gasteiger partial charge on any atom is 0.160 e. The number of methoxy groups -OCH3 is 1. The van der Waals surface area contributed by atoms with Gasteiger partial charge in [-0.1, -0.05) is 6.92 Å². The molecule has 0 bridgehead atoms. The van der Waals surface area contributed by atoms with Crippen LogP contribution in [0.5, 0.6) is 5.75 Å². The number of ether oxygens (including phenoxy) is 1. The molecule has 4 nitrogen and oxygen atoms in total. The van der Waals surface area contributed by atoms with E-state index < -0.39 is 0 Å². The molecule has 1 atom stereocenters. The van der Waals surface area contributed by atoms with Crippen molar-refractivity contribution in [1.29, 1.82) is 0 Å². The van der Waals surface area contributed by atoms with E-state index in [1.807, 2.05) is 19.2 Å². The van der Waals surface area contributed by atoms with E-state index in [1.165, 1.54) is 4.88 Å². The van der Waals surface area contributed by atoms with Crippen LogP contribution in [0.1, 0.15) is 35.5 Å². The first-order valence-corrected chi connectivity index (χ1v) is 7.17. The molecular weight excluding hydrogens is 258 g/mol. The van der Waals surface area contributed by atoms with Crippen molar-refractivity contribution in [3.8, 4) is 5.75 Å². The summed E-state index contributed by atoms with van der Waals surface area (Å²) in [6.07, 6.45) is 4.72. The maximum atomic E-state index is 5.32. The third kappa shape index (κ3) is 3.23. The van der Waals surface area contributed by atoms with Crippen LogP contribution in [0.15, 0.2) is 18.5 Å². The van der Waals surface area contributed by atoms with Gasteiger partial charge in [0, 0.05) is 16.8 Å². The molecule has 0 radical (unpaired) electrons. The summed E-state index contributed by atoms with van der Waals surface area (Å²) in [7, 11) is 1.65. The fourth-order valence-electron chi connectivity index (χ4n) is 1.80. The molecule has 1 N–H and O–H groups in total. The number of aryl methyl sites for hydroxylation is 2. The summed E-state index contributed by atoms with van der Waals surface area (Å²) >= 11 is 1.75. The molecule has 0 amide bonds. The van der Waals surface area contributed by atoms with E-state index in [0.717, 1.165) is 28.6 Å². The van der Waals surface area contributed by atoms with Crippen LogP contribution in [0.2, 0.25) is 0 Å². The minimum absolute atomic E-state index is 0.154. The maximum absolute atomic E-state index is 5.32. The Morgan fingerprint density at radius 2 is 2.16 bits per heavy atom. The van der Waals surface area contributed by atoms with Crippen molar-refractivity contribution >= 4 is 17.0 Å². The van der Waals surface area contributed by atoms with Gasteiger partial charge in [-0.3, -0.25) is 4.98 Å². The molecule has 0 fully saturated rings. The quantitative estimate of drug-likeness (QED) is 0.907. The Morgan fingerprint density at radius 3 is 2.79 bits per heavy atom. The van der Waals surface area contributed by atoms with Crippen LogP contribution in [-0.4, -0.2) is 17.1 Å². The van der Waals surface area contributed by atoms with Crippen LogP contribution in [0.3, 0.4) is 0 Å². The molecule has 0 aliphatic carbocycles. The normalized spacial score (nSPS) is 12.2. The fourth-order valence-corrected chi connectivity index (χ4v) is 2.66. The van der Waals surface area contributed by atoms with Crippen LogP contribution in [0.4, 0.5) is 5.69 Å². The second-order valence-electron chi connectivity index (χ2n) is 4.41. The average Bonchev–Trinajstić information content (AvgIpc) is 2.88. The molecule has 0 saturated heterocycles. The van der Waals surface area contributed by atoms with E-state index >= 15 is 0 Å². The van der Waals surface area contributed by atoms with Crippen molar-refractivity contribution in [2.24, 2.45) is 0 Å². The first-order chi connectivity index (χ1) is 9.13. The second-order valence-corrected chi connectivity index (χ2v) is 5.56. The lowest BCUT2D eigenvalue weighted by molar-refractivity contribution is 0.414. The lowest BCUT2D eigenvalue weighted by Gasteiger charge is -2.15. The highest BCUT2D eigenvalue weighted by Crippen LogP contribution is 2.29. The number of thiazole rings is 1. The van der Waals surface area contributed by atoms with Crippen molar-refractivity contribution in [1.82, 2.24) is 9.97 Å². The van der Waals surface area contributed by atoms with Gasteiger partial charge >= 0.3 is 0 Å². The Labute approximate surface area is 117 Å². The molecule has 102 valence electrons. The van der Waals surface area contributed by atoms with Crippen LogP contribution >= 0.6 is 11.3 Å². The average molecular weight is 277 g/mol. The molecule has 2 aromatic heterocycles. The zero-order chi connectivity index (χ0) is 13.8. The van der Waals surface area contributed by atoms with Crippen LogP contribution < -0.4 is 10.1 Å². The van der Waals surface area contributed by atoms with Gasteiger partial charge in [-0.05, 0) is 26.3 Å². The van der Waals surface area contributed by atoms with E-state index in [9.17, 15) is 0 Å². The molecule has 5 heteroatoms. The zero-order valence-electron chi connectivity index (χ0n) is 11.7. The van der Waals surface area contributed by atoms with E-state index in [0.29, 0.717) is 0 Å². The smallest absolute Gasteiger partial charge is 0.160 e. The Morgan fingerprint density at radius 1 is 1.37 bits per heavy atom. The van der Waals surface area contributed by atoms with Gasteiger partial charge in [-0.25, -0.2) is 4.98 Å². The summed E-state index contributed by atoms with van der Waals surface area (Å²) in [5.74, 6) is 0.754. The van der Waals surface area contributed by atoms with Crippen LogP contribution in [-0.2, 0) is 6.42 Å². The fraction of sp³-hybridized carbons (Fsp3) is 0.429. The second kappa shape index (κ2) is 6.02. The summed E-state index contributed by atoms with van der Waals surface area (Å²) in [4.78, 5) is 10.00. The number of anilines is 1. The van der Waals surface area contributed by atoms with Gasteiger partial charge in [-0.15, -0.1) is 11.3 Å². The van der Waals surface area contributed by atoms with Crippen LogP contribution in [0, 0.1) is 6.92 Å². The number of hydrogen-bond donors (Lipinski definition) is 1. The molecule has 0 aromatic carbocycles. The lowest BCUT2D eigenvalue weighted by Crippen LogP contribution is -2.07. The van der Waals surface area contributed by atoms with Gasteiger partial charge in [0.2, 0.25) is 0 Å². The lowest BCUT2D eigenvalue weighted by atomic mass is 10.2. The Hall–Kier alpha value is -1.62. The highest BCUT2D eigenvalue weighted by Gasteiger charge is 2.12. The molecule has 2 aromatic rings. The summed E-state index contributed by atoms with van der Waals surface area (Å²) in [5, 5.41) is 4.53. The monoisotopic (exact) mass is 277 g/mol. The number of pyridine rings is 1. The number of nitrogens with zero attached hydrogens (tertiary/aromatic N) is 2. The summed E-state index contributed by atoms with van der Waals surface area (Å²) in [6, 6.07) is 2.14. The molecule has 1 unspecified atom stereocenters. The molecule has 0 aliphatic rings. The van der Waals surface area contributed by atoms with Gasteiger partial charge in [0.1, 0.15) is 5.01 Å². The highest BCUT2D eigenvalue weighted by molar-refractivity contribution is 7.11. The van der Waals surface area contributed by atoms with E-state index in [2.05, 4.69) is 29.1 Å². The molecule has 0 saturated carbocycles. The number of nitrogens with one attached hydrogen (secondary N) is 1. The Kier molecular flexibility index (Phi) is 4.37. The number of hydrogen-bond acceptors (Lipinski definition) is 5. The number of rotatable bonds is 5. The largest absolute Gasteiger partial charge is 0.493 e. The van der Waals surface area contributed by atoms with Crippen molar-refractivity contribution < 1.29 is 4.74 Å². The minimum Gasteiger partial charge on any atom is -0.493 e. The SMILES string of the molecule is CCc1cnc(C(C)Nc2cc(C)ncc2OC)s1. The standard InChI is InChI=1S/C14H19N3OS/c1-5-11-7-16-14(19-11)10(3)17-12-6-9(2)15-8-13(12)18-4/h6-8,10H,5H2,1-4H3,(H,15,17). The van der Waals surface area contributed by atoms with E-state index in [-0.39, 0.29) is 6.04 Å². The summed E-state index contributed by atoms with van der Waals surface area (Å²) < 4.78 is 5.32. The summed E-state index contributed by atoms with van der Waals surface area (Å²) in [6.45, 7) is 6.21. The van der Waals surface area contributed by atoms with Gasteiger partial charge in [0.15, 0.2) is 5.75 Å². The highest BCUT2D eigenvalue weighted by atomic mass is 32.1. The molecule has 19 heavy (non-hydrogen) atoms. The van der Waals surface area contributed by atoms with Gasteiger partial charge < -0.3 is 10.1 Å². The van der Waals surface area contributed by atoms with Crippen molar-refractivity contribution in [2.45, 2.75) is 33.2 Å². The predicted molar refractivity (Wildman–Crippen MR) is 79.1 cm³/mol. The predicted octanol–water partition coefficient (Wildman–Crippen LogP) is 3.59. The molecule has 0 aliphatic heterocycles. The molecule has 2 rings (SSSR count). The molecule has 2 heterocycles. The van der Waals surface area contributed by atoms with Crippen LogP contribution in [0.25, 0.3) is 0 Å². The molecule has 0 spiro atoms. The van der Waals surface area contributed by atoms with E-state index in [1.54, 1.807) is 24.6 Å². The first-order valence-electron chi connectivity index (χ1n) is 6.35. The molecular formula is C14H19N3OS. The third-order valence-corrected chi connectivity index (χ3v) is 4.21. The topological polar surface area (TPSA) is 47.0 Å². The van der Waals surface area contributed by atoms with Gasteiger partial charge in [-0.2, -0.15) is 0 Å². The first kappa shape index (κ1) is 13.8. The van der Waals surface area contributed by atoms with E-state index in [4.69, 9.17) is 4.74 Å². The summed E-state index contributed by atoms with van der Waals surface area (Å²) in [5.41, 5.74) is 1.92. The Balaban J connectivity index is 2.18. The third-order valence-electron chi connectivity index (χ3n) is 2.89.